The van der Waals surface area contributed by atoms with Gasteiger partial charge >= 0.3 is 0 Å². The highest BCUT2D eigenvalue weighted by atomic mass is 35.5. The van der Waals surface area contributed by atoms with Crippen LogP contribution in [0.3, 0.4) is 0 Å². The molecule has 2 aromatic carbocycles. The van der Waals surface area contributed by atoms with Crippen LogP contribution in [0.1, 0.15) is 50.2 Å². The van der Waals surface area contributed by atoms with Crippen molar-refractivity contribution in [3.63, 3.8) is 0 Å². The van der Waals surface area contributed by atoms with Crippen molar-refractivity contribution in [2.45, 2.75) is 18.3 Å². The molecule has 3 amide bonds. The summed E-state index contributed by atoms with van der Waals surface area (Å²) in [5.74, 6) is -2.12. The third kappa shape index (κ3) is 4.81. The zero-order valence-electron chi connectivity index (χ0n) is 18.2. The molecule has 2 N–H and O–H groups in total. The maximum atomic E-state index is 13.4. The Hall–Kier alpha value is -3.11. The molecule has 33 heavy (non-hydrogen) atoms. The number of hydrogen-bond donors (Lipinski definition) is 1. The molecule has 1 heterocycles. The predicted molar refractivity (Wildman–Crippen MR) is 121 cm³/mol. The predicted octanol–water partition coefficient (Wildman–Crippen LogP) is 2.24. The van der Waals surface area contributed by atoms with Gasteiger partial charge in [-0.25, -0.2) is 8.42 Å². The summed E-state index contributed by atoms with van der Waals surface area (Å²) in [6, 6.07) is 7.84. The fraction of sp³-hybridized carbons (Fsp3) is 0.318. The molecule has 1 aliphatic rings. The number of halogens is 1. The first-order chi connectivity index (χ1) is 15.5. The fourth-order valence-corrected chi connectivity index (χ4v) is 4.85. The number of carbonyl (C=O) groups excluding carboxylic acids is 3. The van der Waals surface area contributed by atoms with Crippen LogP contribution in [0, 0.1) is 0 Å². The SMILES string of the molecule is CCOc1cc([C@@H](CS(C)(=O)=O)N2C(=O)c3cccc(C(Cl)C(N)=O)c3C2=O)ccc1OC. The minimum Gasteiger partial charge on any atom is -0.493 e. The number of benzene rings is 2. The smallest absolute Gasteiger partial charge is 0.262 e. The molecule has 0 radical (unpaired) electrons. The van der Waals surface area contributed by atoms with Gasteiger partial charge in [0.1, 0.15) is 15.2 Å². The number of methoxy groups -OCH3 is 1. The third-order valence-corrected chi connectivity index (χ3v) is 6.52. The minimum absolute atomic E-state index is 0.0152. The number of nitrogens with zero attached hydrogens (tertiary/aromatic N) is 1. The van der Waals surface area contributed by atoms with E-state index in [4.69, 9.17) is 26.8 Å². The van der Waals surface area contributed by atoms with E-state index in [2.05, 4.69) is 0 Å². The Bertz CT molecular complexity index is 1230. The van der Waals surface area contributed by atoms with Crippen molar-refractivity contribution in [3.05, 3.63) is 58.7 Å². The van der Waals surface area contributed by atoms with Gasteiger partial charge in [-0.1, -0.05) is 18.2 Å². The molecule has 0 saturated heterocycles. The number of fused-ring (bicyclic) bond motifs is 1. The minimum atomic E-state index is -3.64. The van der Waals surface area contributed by atoms with E-state index in [-0.39, 0.29) is 16.7 Å². The summed E-state index contributed by atoms with van der Waals surface area (Å²) in [5, 5.41) is -1.34. The number of sulfone groups is 1. The van der Waals surface area contributed by atoms with Crippen LogP contribution in [0.5, 0.6) is 11.5 Å². The topological polar surface area (TPSA) is 133 Å². The second-order valence-corrected chi connectivity index (χ2v) is 10.1. The molecule has 0 aliphatic carbocycles. The lowest BCUT2D eigenvalue weighted by Gasteiger charge is -2.27. The molecular formula is C22H23ClN2O7S. The monoisotopic (exact) mass is 494 g/mol. The molecule has 0 saturated carbocycles. The summed E-state index contributed by atoms with van der Waals surface area (Å²) in [6.07, 6.45) is 1.01. The molecular weight excluding hydrogens is 472 g/mol. The highest BCUT2D eigenvalue weighted by Gasteiger charge is 2.44. The van der Waals surface area contributed by atoms with E-state index < -0.39 is 44.7 Å². The van der Waals surface area contributed by atoms with Crippen molar-refractivity contribution in [2.75, 3.05) is 25.7 Å². The molecule has 0 aromatic heterocycles. The molecule has 0 bridgehead atoms. The van der Waals surface area contributed by atoms with Crippen LogP contribution in [0.25, 0.3) is 0 Å². The fourth-order valence-electron chi connectivity index (χ4n) is 3.75. The number of rotatable bonds is 9. The third-order valence-electron chi connectivity index (χ3n) is 5.15. The molecule has 11 heteroatoms. The molecule has 176 valence electrons. The maximum absolute atomic E-state index is 13.4. The van der Waals surface area contributed by atoms with Crippen molar-refractivity contribution in [2.24, 2.45) is 5.73 Å². The Morgan fingerprint density at radius 1 is 1.15 bits per heavy atom. The van der Waals surface area contributed by atoms with Gasteiger partial charge in [0.05, 0.1) is 36.6 Å². The Morgan fingerprint density at radius 2 is 1.85 bits per heavy atom. The lowest BCUT2D eigenvalue weighted by molar-refractivity contribution is -0.117. The van der Waals surface area contributed by atoms with Gasteiger partial charge in [0.2, 0.25) is 5.91 Å². The van der Waals surface area contributed by atoms with Crippen molar-refractivity contribution in [1.29, 1.82) is 0 Å². The number of amides is 3. The van der Waals surface area contributed by atoms with Crippen LogP contribution in [0.2, 0.25) is 0 Å². The molecule has 0 spiro atoms. The van der Waals surface area contributed by atoms with E-state index in [1.54, 1.807) is 19.1 Å². The van der Waals surface area contributed by atoms with Gasteiger partial charge in [-0.3, -0.25) is 19.3 Å². The van der Waals surface area contributed by atoms with E-state index in [0.29, 0.717) is 23.7 Å². The Kier molecular flexibility index (Phi) is 6.99. The van der Waals surface area contributed by atoms with Gasteiger partial charge in [-0.2, -0.15) is 0 Å². The average Bonchev–Trinajstić information content (AvgIpc) is 3.01. The van der Waals surface area contributed by atoms with E-state index >= 15 is 0 Å². The zero-order valence-corrected chi connectivity index (χ0v) is 19.8. The van der Waals surface area contributed by atoms with Crippen LogP contribution in [-0.2, 0) is 14.6 Å². The van der Waals surface area contributed by atoms with Gasteiger partial charge in [-0.15, -0.1) is 11.6 Å². The Labute approximate surface area is 196 Å². The van der Waals surface area contributed by atoms with Crippen LogP contribution < -0.4 is 15.2 Å². The van der Waals surface area contributed by atoms with Crippen LogP contribution in [-0.4, -0.2) is 56.8 Å². The standard InChI is InChI=1S/C22H23ClN2O7S/c1-4-32-17-10-12(8-9-16(17)31-2)15(11-33(3,29)30)25-21(27)14-7-5-6-13(18(14)22(25)28)19(23)20(24)26/h5-10,15,19H,4,11H2,1-3H3,(H2,24,26)/t15-,19?/m1/s1. The molecule has 1 unspecified atom stereocenters. The summed E-state index contributed by atoms with van der Waals surface area (Å²) in [6.45, 7) is 2.09. The molecule has 9 nitrogen and oxygen atoms in total. The van der Waals surface area contributed by atoms with Crippen LogP contribution in [0.4, 0.5) is 0 Å². The number of carbonyl (C=O) groups is 3. The lowest BCUT2D eigenvalue weighted by atomic mass is 10.00. The molecule has 2 aromatic rings. The number of ether oxygens (including phenoxy) is 2. The van der Waals surface area contributed by atoms with Crippen LogP contribution in [0.15, 0.2) is 36.4 Å². The van der Waals surface area contributed by atoms with E-state index in [9.17, 15) is 22.8 Å². The summed E-state index contributed by atoms with van der Waals surface area (Å²) in [5.41, 5.74) is 5.69. The van der Waals surface area contributed by atoms with E-state index in [1.165, 1.54) is 31.4 Å². The molecule has 2 atom stereocenters. The quantitative estimate of drug-likeness (QED) is 0.417. The average molecular weight is 495 g/mol. The Morgan fingerprint density at radius 3 is 2.42 bits per heavy atom. The summed E-state index contributed by atoms with van der Waals surface area (Å²) >= 11 is 6.09. The van der Waals surface area contributed by atoms with Crippen LogP contribution >= 0.6 is 11.6 Å². The van der Waals surface area contributed by atoms with Gasteiger partial charge in [0, 0.05) is 6.26 Å². The lowest BCUT2D eigenvalue weighted by Crippen LogP contribution is -2.38. The summed E-state index contributed by atoms with van der Waals surface area (Å²) in [4.78, 5) is 39.2. The van der Waals surface area contributed by atoms with Gasteiger partial charge in [0.15, 0.2) is 11.5 Å². The van der Waals surface area contributed by atoms with E-state index in [1.807, 2.05) is 0 Å². The van der Waals surface area contributed by atoms with Crippen molar-refractivity contribution in [1.82, 2.24) is 4.90 Å². The normalized spacial score (nSPS) is 15.2. The van der Waals surface area contributed by atoms with Gasteiger partial charge in [-0.05, 0) is 36.2 Å². The van der Waals surface area contributed by atoms with Crippen molar-refractivity contribution < 1.29 is 32.3 Å². The van der Waals surface area contributed by atoms with E-state index in [0.717, 1.165) is 11.2 Å². The number of alkyl halides is 1. The molecule has 0 fully saturated rings. The first-order valence-corrected chi connectivity index (χ1v) is 12.4. The number of nitrogens with two attached hydrogens (primary N) is 1. The van der Waals surface area contributed by atoms with Crippen molar-refractivity contribution >= 4 is 39.2 Å². The number of imide groups is 1. The summed E-state index contributed by atoms with van der Waals surface area (Å²) in [7, 11) is -2.19. The number of hydrogen-bond acceptors (Lipinski definition) is 7. The maximum Gasteiger partial charge on any atom is 0.262 e. The highest BCUT2D eigenvalue weighted by Crippen LogP contribution is 2.39. The van der Waals surface area contributed by atoms with Gasteiger partial charge in [0.25, 0.3) is 11.8 Å². The molecule has 1 aliphatic heterocycles. The zero-order chi connectivity index (χ0) is 24.5. The van der Waals surface area contributed by atoms with Crippen molar-refractivity contribution in [3.8, 4) is 11.5 Å². The molecule has 3 rings (SSSR count). The highest BCUT2D eigenvalue weighted by molar-refractivity contribution is 7.90. The Balaban J connectivity index is 2.16. The second-order valence-electron chi connectivity index (χ2n) is 7.47. The number of primary amides is 1. The summed E-state index contributed by atoms with van der Waals surface area (Å²) < 4.78 is 35.4. The first-order valence-electron chi connectivity index (χ1n) is 9.92. The van der Waals surface area contributed by atoms with Gasteiger partial charge < -0.3 is 15.2 Å². The first kappa shape index (κ1) is 24.5. The largest absolute Gasteiger partial charge is 0.493 e. The second kappa shape index (κ2) is 9.40.